The molecule has 0 spiro atoms. The van der Waals surface area contributed by atoms with Gasteiger partial charge in [-0.05, 0) is 26.7 Å². The van der Waals surface area contributed by atoms with Crippen LogP contribution < -0.4 is 4.72 Å². The monoisotopic (exact) mass is 311 g/mol. The van der Waals surface area contributed by atoms with Gasteiger partial charge in [0.1, 0.15) is 16.1 Å². The van der Waals surface area contributed by atoms with E-state index in [1.807, 2.05) is 0 Å². The van der Waals surface area contributed by atoms with Crippen molar-refractivity contribution in [1.29, 1.82) is 5.26 Å². The zero-order valence-electron chi connectivity index (χ0n) is 12.5. The molecule has 0 aliphatic heterocycles. The molecule has 0 unspecified atom stereocenters. The predicted octanol–water partition coefficient (Wildman–Crippen LogP) is 2.58. The van der Waals surface area contributed by atoms with Crippen LogP contribution in [0.2, 0.25) is 0 Å². The van der Waals surface area contributed by atoms with Crippen LogP contribution in [0.3, 0.4) is 0 Å². The number of hydrogen-bond donors (Lipinski definition) is 1. The Hall–Kier alpha value is -1.39. The number of hydrogen-bond acceptors (Lipinski definition) is 5. The maximum Gasteiger partial charge on any atom is 0.247 e. The molecule has 1 aromatic rings. The highest BCUT2D eigenvalue weighted by Gasteiger charge is 2.37. The molecule has 1 aliphatic carbocycles. The molecule has 2 rings (SSSR count). The van der Waals surface area contributed by atoms with Crippen molar-refractivity contribution in [3.8, 4) is 6.07 Å². The summed E-state index contributed by atoms with van der Waals surface area (Å²) in [5, 5.41) is 13.2. The molecule has 1 saturated carbocycles. The first-order valence-electron chi connectivity index (χ1n) is 7.28. The van der Waals surface area contributed by atoms with Crippen molar-refractivity contribution in [3.05, 3.63) is 11.5 Å². The van der Waals surface area contributed by atoms with E-state index in [9.17, 15) is 13.7 Å². The molecule has 1 N–H and O–H groups in total. The van der Waals surface area contributed by atoms with E-state index in [4.69, 9.17) is 4.52 Å². The number of sulfonamides is 1. The Morgan fingerprint density at radius 3 is 2.24 bits per heavy atom. The summed E-state index contributed by atoms with van der Waals surface area (Å²) in [6.45, 7) is 3.15. The predicted molar refractivity (Wildman–Crippen MR) is 77.0 cm³/mol. The molecule has 1 heterocycles. The van der Waals surface area contributed by atoms with Gasteiger partial charge >= 0.3 is 0 Å². The first kappa shape index (κ1) is 16.0. The minimum absolute atomic E-state index is 0.0548. The Morgan fingerprint density at radius 1 is 1.19 bits per heavy atom. The molecule has 0 bridgehead atoms. The second-order valence-electron chi connectivity index (χ2n) is 5.72. The Morgan fingerprint density at radius 2 is 1.76 bits per heavy atom. The van der Waals surface area contributed by atoms with Crippen LogP contribution >= 0.6 is 0 Å². The number of nitrogens with one attached hydrogen (secondary N) is 1. The fourth-order valence-electron chi connectivity index (χ4n) is 2.91. The summed E-state index contributed by atoms with van der Waals surface area (Å²) in [5.74, 6) is 0.249. The fraction of sp³-hybridized carbons (Fsp3) is 0.714. The zero-order valence-corrected chi connectivity index (χ0v) is 13.3. The number of nitriles is 1. The topological polar surface area (TPSA) is 96.0 Å². The van der Waals surface area contributed by atoms with Crippen LogP contribution in [0.1, 0.15) is 56.4 Å². The zero-order chi connectivity index (χ0) is 15.5. The van der Waals surface area contributed by atoms with Crippen molar-refractivity contribution in [2.45, 2.75) is 69.2 Å². The minimum atomic E-state index is -3.81. The van der Waals surface area contributed by atoms with Gasteiger partial charge in [0.15, 0.2) is 5.76 Å². The summed E-state index contributed by atoms with van der Waals surface area (Å²) in [5.41, 5.74) is -0.700. The summed E-state index contributed by atoms with van der Waals surface area (Å²) in [4.78, 5) is 0.0548. The molecule has 0 radical (unpaired) electrons. The van der Waals surface area contributed by atoms with Crippen LogP contribution in [0.15, 0.2) is 9.42 Å². The lowest BCUT2D eigenvalue weighted by molar-refractivity contribution is 0.356. The van der Waals surface area contributed by atoms with Gasteiger partial charge in [0.25, 0.3) is 0 Å². The minimum Gasteiger partial charge on any atom is -0.360 e. The molecule has 1 aromatic heterocycles. The molecule has 21 heavy (non-hydrogen) atoms. The molecule has 0 atom stereocenters. The van der Waals surface area contributed by atoms with E-state index >= 15 is 0 Å². The van der Waals surface area contributed by atoms with Crippen molar-refractivity contribution >= 4 is 10.0 Å². The lowest BCUT2D eigenvalue weighted by Crippen LogP contribution is -2.47. The molecule has 0 aromatic carbocycles. The van der Waals surface area contributed by atoms with Crippen molar-refractivity contribution < 1.29 is 12.9 Å². The van der Waals surface area contributed by atoms with Crippen LogP contribution in [0.25, 0.3) is 0 Å². The average molecular weight is 311 g/mol. The van der Waals surface area contributed by atoms with Gasteiger partial charge in [-0.1, -0.05) is 37.3 Å². The van der Waals surface area contributed by atoms with Crippen molar-refractivity contribution in [2.75, 3.05) is 0 Å². The third-order valence-corrected chi connectivity index (χ3v) is 5.77. The SMILES string of the molecule is Cc1noc(C)c1S(=O)(=O)NC1(C#N)CCCCCCC1. The number of aromatic nitrogens is 1. The molecule has 0 saturated heterocycles. The van der Waals surface area contributed by atoms with E-state index in [0.717, 1.165) is 32.1 Å². The van der Waals surface area contributed by atoms with Gasteiger partial charge in [-0.3, -0.25) is 0 Å². The van der Waals surface area contributed by atoms with Gasteiger partial charge in [0, 0.05) is 0 Å². The average Bonchev–Trinajstić information content (AvgIpc) is 2.73. The molecule has 7 heteroatoms. The first-order chi connectivity index (χ1) is 9.90. The third kappa shape index (κ3) is 3.44. The second kappa shape index (κ2) is 6.16. The smallest absolute Gasteiger partial charge is 0.247 e. The van der Waals surface area contributed by atoms with E-state index in [2.05, 4.69) is 15.9 Å². The Bertz CT molecular complexity index is 615. The number of nitrogens with zero attached hydrogens (tertiary/aromatic N) is 2. The van der Waals surface area contributed by atoms with Gasteiger partial charge in [-0.2, -0.15) is 9.98 Å². The highest BCUT2D eigenvalue weighted by Crippen LogP contribution is 2.29. The first-order valence-corrected chi connectivity index (χ1v) is 8.77. The van der Waals surface area contributed by atoms with E-state index < -0.39 is 15.6 Å². The Balaban J connectivity index is 2.30. The molecule has 0 amide bonds. The molecule has 116 valence electrons. The lowest BCUT2D eigenvalue weighted by atomic mass is 9.86. The maximum atomic E-state index is 12.6. The molecular weight excluding hydrogens is 290 g/mol. The van der Waals surface area contributed by atoms with E-state index in [1.54, 1.807) is 13.8 Å². The van der Waals surface area contributed by atoms with Crippen LogP contribution in [0, 0.1) is 25.2 Å². The van der Waals surface area contributed by atoms with Gasteiger partial charge in [-0.15, -0.1) is 0 Å². The molecule has 6 nitrogen and oxygen atoms in total. The molecular formula is C14H21N3O3S. The van der Waals surface area contributed by atoms with Crippen LogP contribution in [-0.4, -0.2) is 19.1 Å². The lowest BCUT2D eigenvalue weighted by Gasteiger charge is -2.29. The number of aryl methyl sites for hydroxylation is 2. The van der Waals surface area contributed by atoms with Crippen molar-refractivity contribution in [1.82, 2.24) is 9.88 Å². The summed E-state index contributed by atoms with van der Waals surface area (Å²) in [7, 11) is -3.81. The molecule has 1 fully saturated rings. The van der Waals surface area contributed by atoms with E-state index in [-0.39, 0.29) is 10.7 Å². The van der Waals surface area contributed by atoms with E-state index in [1.165, 1.54) is 0 Å². The number of rotatable bonds is 3. The largest absolute Gasteiger partial charge is 0.360 e. The standard InChI is InChI=1S/C14H21N3O3S/c1-11-13(12(2)20-16-11)21(18,19)17-14(10-15)8-6-4-3-5-7-9-14/h17H,3-9H2,1-2H3. The van der Waals surface area contributed by atoms with Crippen molar-refractivity contribution in [2.24, 2.45) is 0 Å². The fourth-order valence-corrected chi connectivity index (χ4v) is 4.62. The van der Waals surface area contributed by atoms with Crippen LogP contribution in [-0.2, 0) is 10.0 Å². The Labute approximate surface area is 125 Å². The van der Waals surface area contributed by atoms with Gasteiger partial charge in [0.2, 0.25) is 10.0 Å². The second-order valence-corrected chi connectivity index (χ2v) is 7.34. The normalized spacial score (nSPS) is 19.5. The van der Waals surface area contributed by atoms with Crippen molar-refractivity contribution in [3.63, 3.8) is 0 Å². The van der Waals surface area contributed by atoms with E-state index in [0.29, 0.717) is 18.5 Å². The molecule has 1 aliphatic rings. The maximum absolute atomic E-state index is 12.6. The van der Waals surface area contributed by atoms with Gasteiger partial charge in [0.05, 0.1) is 6.07 Å². The van der Waals surface area contributed by atoms with Gasteiger partial charge < -0.3 is 4.52 Å². The Kier molecular flexibility index (Phi) is 4.69. The highest BCUT2D eigenvalue weighted by atomic mass is 32.2. The van der Waals surface area contributed by atoms with Crippen LogP contribution in [0.5, 0.6) is 0 Å². The summed E-state index contributed by atoms with van der Waals surface area (Å²) >= 11 is 0. The van der Waals surface area contributed by atoms with Gasteiger partial charge in [-0.25, -0.2) is 8.42 Å². The third-order valence-electron chi connectivity index (χ3n) is 3.99. The summed E-state index contributed by atoms with van der Waals surface area (Å²) < 4.78 is 32.8. The quantitative estimate of drug-likeness (QED) is 0.925. The summed E-state index contributed by atoms with van der Waals surface area (Å²) in [6, 6.07) is 2.20. The highest BCUT2D eigenvalue weighted by molar-refractivity contribution is 7.89. The summed E-state index contributed by atoms with van der Waals surface area (Å²) in [6.07, 6.45) is 6.04. The van der Waals surface area contributed by atoms with Crippen LogP contribution in [0.4, 0.5) is 0 Å².